The summed E-state index contributed by atoms with van der Waals surface area (Å²) in [6, 6.07) is 44.4. The van der Waals surface area contributed by atoms with Crippen LogP contribution >= 0.6 is 26.6 Å². The van der Waals surface area contributed by atoms with Crippen molar-refractivity contribution in [2.75, 3.05) is 0 Å². The van der Waals surface area contributed by atoms with Gasteiger partial charge in [0, 0.05) is 19.7 Å². The molecule has 6 rings (SSSR count). The van der Waals surface area contributed by atoms with Crippen molar-refractivity contribution in [3.05, 3.63) is 169 Å². The Labute approximate surface area is 262 Å². The van der Waals surface area contributed by atoms with E-state index in [0.717, 1.165) is 25.7 Å². The Kier molecular flexibility index (Phi) is 9.68. The molecule has 1 aliphatic carbocycles. The van der Waals surface area contributed by atoms with E-state index in [4.69, 9.17) is 4.84 Å². The summed E-state index contributed by atoms with van der Waals surface area (Å²) in [4.78, 5) is 14.4. The first kappa shape index (κ1) is 30.5. The van der Waals surface area contributed by atoms with Gasteiger partial charge >= 0.3 is 0 Å². The summed E-state index contributed by atoms with van der Waals surface area (Å²) in [5.74, 6) is 0. The summed E-state index contributed by atoms with van der Waals surface area (Å²) < 4.78 is 2.13. The monoisotopic (exact) mass is 623 g/mol. The molecule has 3 unspecified atom stereocenters. The van der Waals surface area contributed by atoms with E-state index in [2.05, 4.69) is 161 Å². The van der Waals surface area contributed by atoms with Crippen LogP contribution in [0.2, 0.25) is 0 Å². The summed E-state index contributed by atoms with van der Waals surface area (Å²) in [6.07, 6.45) is 7.37. The van der Waals surface area contributed by atoms with Crippen LogP contribution < -0.4 is 9.72 Å². The molecule has 1 heterocycles. The van der Waals surface area contributed by atoms with Crippen molar-refractivity contribution in [2.45, 2.75) is 42.6 Å². The number of rotatable bonds is 10. The zero-order chi connectivity index (χ0) is 29.6. The second kappa shape index (κ2) is 13.6. The predicted octanol–water partition coefficient (Wildman–Crippen LogP) is 9.21. The Morgan fingerprint density at radius 3 is 1.49 bits per heavy atom. The van der Waals surface area contributed by atoms with E-state index in [-0.39, 0.29) is 16.9 Å². The zero-order valence-corrected chi connectivity index (χ0v) is 27.4. The molecule has 4 nitrogen and oxygen atoms in total. The molecule has 7 heteroatoms. The van der Waals surface area contributed by atoms with Crippen molar-refractivity contribution < 1.29 is 4.84 Å². The maximum atomic E-state index is 7.39. The molecule has 2 aliphatic rings. The van der Waals surface area contributed by atoms with E-state index in [0.29, 0.717) is 26.6 Å². The standard InChI is InChI=1S/C36H40N3OP3/c1-3-25-34(26-4-2)27-35(29-17-9-5-10-18-29,30-19-11-6-12-20-30)28-36(31-21-13-7-14-22-31,32-23-15-8-16-24-32)33(34)40-39-42-37-41-38-43-39/h3-24,33,37-38,41-43H,1-2,25-28H2. The molecule has 1 aliphatic heterocycles. The molecule has 0 amide bonds. The van der Waals surface area contributed by atoms with Crippen molar-refractivity contribution in [1.29, 1.82) is 0 Å². The fourth-order valence-corrected chi connectivity index (χ4v) is 11.3. The molecule has 2 N–H and O–H groups in total. The Bertz CT molecular complexity index is 1390. The molecule has 1 saturated carbocycles. The lowest BCUT2D eigenvalue weighted by Gasteiger charge is -2.61. The van der Waals surface area contributed by atoms with Crippen molar-refractivity contribution >= 4 is 26.6 Å². The Morgan fingerprint density at radius 2 is 1.07 bits per heavy atom. The van der Waals surface area contributed by atoms with Gasteiger partial charge in [-0.3, -0.25) is 14.6 Å². The topological polar surface area (TPSA) is 36.5 Å². The molecule has 4 aromatic rings. The molecular formula is C36H40N3OP3. The van der Waals surface area contributed by atoms with E-state index in [1.165, 1.54) is 22.3 Å². The van der Waals surface area contributed by atoms with E-state index in [9.17, 15) is 0 Å². The minimum atomic E-state index is -0.493. The maximum Gasteiger partial charge on any atom is 0.100 e. The fraction of sp³-hybridized carbons (Fsp3) is 0.222. The van der Waals surface area contributed by atoms with Gasteiger partial charge in [-0.25, -0.2) is 0 Å². The second-order valence-corrected chi connectivity index (χ2v) is 15.6. The van der Waals surface area contributed by atoms with Crippen molar-refractivity contribution in [3.8, 4) is 0 Å². The minimum absolute atomic E-state index is 0.189. The molecule has 3 atom stereocenters. The molecule has 1 saturated heterocycles. The van der Waals surface area contributed by atoms with Crippen molar-refractivity contribution in [1.82, 2.24) is 14.3 Å². The van der Waals surface area contributed by atoms with Gasteiger partial charge in [-0.2, -0.15) is 0 Å². The Balaban J connectivity index is 1.72. The number of allylic oxidation sites excluding steroid dienone is 2. The van der Waals surface area contributed by atoms with E-state index in [1.807, 2.05) is 0 Å². The molecule has 0 aromatic heterocycles. The predicted molar refractivity (Wildman–Crippen MR) is 187 cm³/mol. The number of nitrogens with one attached hydrogen (secondary N) is 2. The maximum absolute atomic E-state index is 7.39. The first-order valence-electron chi connectivity index (χ1n) is 14.8. The lowest BCUT2D eigenvalue weighted by molar-refractivity contribution is -0.181. The highest BCUT2D eigenvalue weighted by Crippen LogP contribution is 2.65. The van der Waals surface area contributed by atoms with Gasteiger partial charge in [0.2, 0.25) is 0 Å². The van der Waals surface area contributed by atoms with Crippen LogP contribution in [0.25, 0.3) is 0 Å². The van der Waals surface area contributed by atoms with Gasteiger partial charge in [-0.1, -0.05) is 133 Å². The van der Waals surface area contributed by atoms with E-state index in [1.54, 1.807) is 0 Å². The highest BCUT2D eigenvalue weighted by Gasteiger charge is 2.63. The minimum Gasteiger partial charge on any atom is -0.284 e. The highest BCUT2D eigenvalue weighted by atomic mass is 31.2. The molecule has 0 radical (unpaired) electrons. The average Bonchev–Trinajstić information content (AvgIpc) is 3.08. The average molecular weight is 624 g/mol. The normalized spacial score (nSPS) is 22.7. The van der Waals surface area contributed by atoms with Crippen LogP contribution in [0, 0.1) is 5.41 Å². The van der Waals surface area contributed by atoms with E-state index >= 15 is 0 Å². The summed E-state index contributed by atoms with van der Waals surface area (Å²) in [5.41, 5.74) is 4.10. The van der Waals surface area contributed by atoms with Crippen LogP contribution in [-0.4, -0.2) is 10.7 Å². The van der Waals surface area contributed by atoms with Crippen LogP contribution in [0.5, 0.6) is 0 Å². The Morgan fingerprint density at radius 1 is 0.651 bits per heavy atom. The van der Waals surface area contributed by atoms with Crippen molar-refractivity contribution in [2.24, 2.45) is 5.41 Å². The van der Waals surface area contributed by atoms with Gasteiger partial charge in [-0.05, 0) is 47.9 Å². The number of hydrogen-bond acceptors (Lipinski definition) is 4. The van der Waals surface area contributed by atoms with Crippen LogP contribution in [0.15, 0.2) is 147 Å². The summed E-state index contributed by atoms with van der Waals surface area (Å²) in [7, 11) is 1.33. The third-order valence-corrected chi connectivity index (χ3v) is 12.4. The van der Waals surface area contributed by atoms with Crippen LogP contribution in [-0.2, 0) is 15.7 Å². The van der Waals surface area contributed by atoms with Gasteiger partial charge in [0.15, 0.2) is 0 Å². The summed E-state index contributed by atoms with van der Waals surface area (Å²) in [5, 5.41) is 0. The number of benzene rings is 4. The zero-order valence-electron chi connectivity index (χ0n) is 24.4. The number of nitrogens with zero attached hydrogens (tertiary/aromatic N) is 1. The Hall–Kier alpha value is -2.51. The molecular weight excluding hydrogens is 583 g/mol. The molecule has 43 heavy (non-hydrogen) atoms. The van der Waals surface area contributed by atoms with E-state index < -0.39 is 5.41 Å². The SMILES string of the molecule is C=CCC1(CC=C)CC(c2ccccc2)(c2ccccc2)CC(c2ccccc2)(c2ccccc2)C1ON1PNPNP1. The fourth-order valence-electron chi connectivity index (χ4n) is 7.67. The lowest BCUT2D eigenvalue weighted by atomic mass is 9.44. The van der Waals surface area contributed by atoms with Crippen LogP contribution in [0.3, 0.4) is 0 Å². The van der Waals surface area contributed by atoms with Gasteiger partial charge < -0.3 is 0 Å². The molecule has 2 fully saturated rings. The first-order chi connectivity index (χ1) is 21.2. The summed E-state index contributed by atoms with van der Waals surface area (Å²) in [6.45, 7) is 8.65. The first-order valence-corrected chi connectivity index (χ1v) is 17.7. The number of hydrogen-bond donors (Lipinski definition) is 2. The molecule has 0 bridgehead atoms. The summed E-state index contributed by atoms with van der Waals surface area (Å²) >= 11 is 0. The third kappa shape index (κ3) is 5.84. The van der Waals surface area contributed by atoms with Gasteiger partial charge in [0.25, 0.3) is 0 Å². The molecule has 4 aromatic carbocycles. The van der Waals surface area contributed by atoms with Gasteiger partial charge in [0.1, 0.15) is 6.10 Å². The molecule has 220 valence electrons. The van der Waals surface area contributed by atoms with Crippen molar-refractivity contribution in [3.63, 3.8) is 0 Å². The van der Waals surface area contributed by atoms with Gasteiger partial charge in [0.05, 0.1) is 23.2 Å². The largest absolute Gasteiger partial charge is 0.284 e. The highest BCUT2D eigenvalue weighted by molar-refractivity contribution is 7.65. The second-order valence-electron chi connectivity index (χ2n) is 11.6. The van der Waals surface area contributed by atoms with Gasteiger partial charge in [-0.15, -0.1) is 17.8 Å². The lowest BCUT2D eigenvalue weighted by Crippen LogP contribution is -2.62. The molecule has 0 spiro atoms. The quantitative estimate of drug-likeness (QED) is 0.136. The van der Waals surface area contributed by atoms with Crippen LogP contribution in [0.1, 0.15) is 47.9 Å². The third-order valence-electron chi connectivity index (χ3n) is 9.22. The smallest absolute Gasteiger partial charge is 0.100 e. The van der Waals surface area contributed by atoms with Crippen LogP contribution in [0.4, 0.5) is 0 Å².